The van der Waals surface area contributed by atoms with Crippen LogP contribution >= 0.6 is 0 Å². The van der Waals surface area contributed by atoms with Gasteiger partial charge in [-0.3, -0.25) is 4.79 Å². The van der Waals surface area contributed by atoms with E-state index in [0.29, 0.717) is 37.3 Å². The van der Waals surface area contributed by atoms with E-state index in [1.807, 2.05) is 17.2 Å². The maximum atomic E-state index is 12.6. The minimum absolute atomic E-state index is 0.0359. The van der Waals surface area contributed by atoms with Crippen molar-refractivity contribution in [3.05, 3.63) is 54.0 Å². The maximum Gasteiger partial charge on any atom is 0.254 e. The van der Waals surface area contributed by atoms with Gasteiger partial charge in [-0.05, 0) is 24.3 Å². The average Bonchev–Trinajstić information content (AvgIpc) is 3.16. The molecule has 1 fully saturated rings. The number of nitrogens with one attached hydrogen (secondary N) is 1. The van der Waals surface area contributed by atoms with Crippen molar-refractivity contribution in [1.82, 2.24) is 19.9 Å². The van der Waals surface area contributed by atoms with Crippen LogP contribution in [0.2, 0.25) is 0 Å². The Bertz CT molecular complexity index is 965. The number of nitriles is 1. The molecule has 1 N–H and O–H groups in total. The zero-order valence-electron chi connectivity index (χ0n) is 13.5. The molecule has 2 aromatic heterocycles. The fourth-order valence-corrected chi connectivity index (χ4v) is 3.14. The number of aromatic nitrogens is 3. The highest BCUT2D eigenvalue weighted by atomic mass is 16.2. The predicted octanol–water partition coefficient (Wildman–Crippen LogP) is 1.79. The van der Waals surface area contributed by atoms with Crippen LogP contribution in [0.3, 0.4) is 0 Å². The van der Waals surface area contributed by atoms with Crippen LogP contribution in [0.1, 0.15) is 15.9 Å². The molecule has 3 aromatic rings. The van der Waals surface area contributed by atoms with Crippen molar-refractivity contribution in [3.8, 4) is 6.07 Å². The number of hydrogen-bond donors (Lipinski definition) is 1. The van der Waals surface area contributed by atoms with Crippen molar-refractivity contribution >= 4 is 22.8 Å². The number of nitrogens with zero attached hydrogens (tertiary/aromatic N) is 5. The zero-order valence-corrected chi connectivity index (χ0v) is 13.5. The minimum Gasteiger partial charge on any atom is -0.352 e. The van der Waals surface area contributed by atoms with Crippen LogP contribution in [-0.2, 0) is 0 Å². The van der Waals surface area contributed by atoms with Gasteiger partial charge in [0.15, 0.2) is 0 Å². The summed E-state index contributed by atoms with van der Waals surface area (Å²) in [5.41, 5.74) is 1.87. The van der Waals surface area contributed by atoms with E-state index in [4.69, 9.17) is 5.26 Å². The summed E-state index contributed by atoms with van der Waals surface area (Å²) in [5.74, 6) is 0.857. The molecular formula is C18H16N6O. The molecular weight excluding hydrogens is 316 g/mol. The number of fused-ring (bicyclic) bond motifs is 1. The first-order valence-corrected chi connectivity index (χ1v) is 8.09. The van der Waals surface area contributed by atoms with Gasteiger partial charge in [0, 0.05) is 37.9 Å². The lowest BCUT2D eigenvalue weighted by Crippen LogP contribution is -2.49. The van der Waals surface area contributed by atoms with E-state index in [9.17, 15) is 4.79 Å². The summed E-state index contributed by atoms with van der Waals surface area (Å²) in [5, 5.41) is 9.98. The Morgan fingerprint density at radius 1 is 1.16 bits per heavy atom. The molecule has 25 heavy (non-hydrogen) atoms. The van der Waals surface area contributed by atoms with Gasteiger partial charge in [-0.25, -0.2) is 9.97 Å². The van der Waals surface area contributed by atoms with E-state index >= 15 is 0 Å². The lowest BCUT2D eigenvalue weighted by molar-refractivity contribution is 0.0746. The molecule has 7 heteroatoms. The number of benzene rings is 1. The number of amides is 1. The Kier molecular flexibility index (Phi) is 3.78. The molecule has 1 saturated heterocycles. The Balaban J connectivity index is 1.49. The van der Waals surface area contributed by atoms with Gasteiger partial charge < -0.3 is 14.8 Å². The second kappa shape index (κ2) is 6.24. The fraction of sp³-hybridized carbons (Fsp3) is 0.222. The molecule has 1 aromatic carbocycles. The van der Waals surface area contributed by atoms with Crippen molar-refractivity contribution < 1.29 is 4.79 Å². The minimum atomic E-state index is -0.0359. The molecule has 0 aliphatic carbocycles. The molecule has 1 aliphatic rings. The number of H-pyrrole nitrogens is 1. The highest BCUT2D eigenvalue weighted by Crippen LogP contribution is 2.23. The van der Waals surface area contributed by atoms with Crippen LogP contribution in [-0.4, -0.2) is 51.9 Å². The molecule has 4 rings (SSSR count). The standard InChI is InChI=1S/C18H16N6O/c19-11-13-2-1-3-14(10-13)18(25)24-8-6-23(7-9-24)17-15-4-5-20-16(15)21-12-22-17/h1-5,10,12H,6-9H2,(H,20,21,22). The van der Waals surface area contributed by atoms with Crippen LogP contribution in [0.4, 0.5) is 5.82 Å². The van der Waals surface area contributed by atoms with E-state index in [2.05, 4.69) is 25.9 Å². The van der Waals surface area contributed by atoms with Gasteiger partial charge in [-0.1, -0.05) is 6.07 Å². The fourth-order valence-electron chi connectivity index (χ4n) is 3.14. The summed E-state index contributed by atoms with van der Waals surface area (Å²) >= 11 is 0. The molecule has 3 heterocycles. The topological polar surface area (TPSA) is 88.9 Å². The van der Waals surface area contributed by atoms with Crippen molar-refractivity contribution in [3.63, 3.8) is 0 Å². The highest BCUT2D eigenvalue weighted by Gasteiger charge is 2.24. The first-order chi connectivity index (χ1) is 12.3. The number of piperazine rings is 1. The lowest BCUT2D eigenvalue weighted by Gasteiger charge is -2.35. The van der Waals surface area contributed by atoms with E-state index in [-0.39, 0.29) is 5.91 Å². The quantitative estimate of drug-likeness (QED) is 0.773. The summed E-state index contributed by atoms with van der Waals surface area (Å²) in [7, 11) is 0. The van der Waals surface area contributed by atoms with Crippen LogP contribution in [0.15, 0.2) is 42.9 Å². The van der Waals surface area contributed by atoms with E-state index in [1.54, 1.807) is 30.6 Å². The Morgan fingerprint density at radius 2 is 2.00 bits per heavy atom. The van der Waals surface area contributed by atoms with E-state index in [0.717, 1.165) is 16.9 Å². The van der Waals surface area contributed by atoms with Crippen molar-refractivity contribution in [2.45, 2.75) is 0 Å². The number of carbonyl (C=O) groups is 1. The smallest absolute Gasteiger partial charge is 0.254 e. The van der Waals surface area contributed by atoms with Gasteiger partial charge in [0.1, 0.15) is 17.8 Å². The molecule has 0 spiro atoms. The first kappa shape index (κ1) is 15.1. The predicted molar refractivity (Wildman–Crippen MR) is 93.2 cm³/mol. The summed E-state index contributed by atoms with van der Waals surface area (Å²) in [4.78, 5) is 28.4. The number of rotatable bonds is 2. The third-order valence-corrected chi connectivity index (χ3v) is 4.44. The summed E-state index contributed by atoms with van der Waals surface area (Å²) < 4.78 is 0. The molecule has 0 atom stereocenters. The van der Waals surface area contributed by atoms with Crippen LogP contribution in [0, 0.1) is 11.3 Å². The zero-order chi connectivity index (χ0) is 17.2. The second-order valence-electron chi connectivity index (χ2n) is 5.91. The Morgan fingerprint density at radius 3 is 2.80 bits per heavy atom. The number of hydrogen-bond acceptors (Lipinski definition) is 5. The molecule has 0 saturated carbocycles. The van der Waals surface area contributed by atoms with Gasteiger partial charge in [-0.2, -0.15) is 5.26 Å². The number of carbonyl (C=O) groups excluding carboxylic acids is 1. The molecule has 0 unspecified atom stereocenters. The summed E-state index contributed by atoms with van der Waals surface area (Å²) in [6.45, 7) is 2.65. The monoisotopic (exact) mass is 332 g/mol. The largest absolute Gasteiger partial charge is 0.352 e. The molecule has 0 radical (unpaired) electrons. The average molecular weight is 332 g/mol. The highest BCUT2D eigenvalue weighted by molar-refractivity contribution is 5.95. The maximum absolute atomic E-state index is 12.6. The molecule has 1 amide bonds. The first-order valence-electron chi connectivity index (χ1n) is 8.09. The van der Waals surface area contributed by atoms with Gasteiger partial charge >= 0.3 is 0 Å². The SMILES string of the molecule is N#Cc1cccc(C(=O)N2CCN(c3ncnc4[nH]ccc34)CC2)c1. The van der Waals surface area contributed by atoms with Crippen molar-refractivity contribution in [1.29, 1.82) is 5.26 Å². The molecule has 0 bridgehead atoms. The van der Waals surface area contributed by atoms with Crippen LogP contribution in [0.5, 0.6) is 0 Å². The van der Waals surface area contributed by atoms with E-state index in [1.165, 1.54) is 0 Å². The summed E-state index contributed by atoms with van der Waals surface area (Å²) in [6, 6.07) is 10.9. The number of aromatic amines is 1. The molecule has 124 valence electrons. The van der Waals surface area contributed by atoms with Gasteiger partial charge in [0.2, 0.25) is 0 Å². The normalized spacial score (nSPS) is 14.5. The summed E-state index contributed by atoms with van der Waals surface area (Å²) in [6.07, 6.45) is 3.41. The van der Waals surface area contributed by atoms with Gasteiger partial charge in [0.25, 0.3) is 5.91 Å². The lowest BCUT2D eigenvalue weighted by atomic mass is 10.1. The van der Waals surface area contributed by atoms with Crippen LogP contribution < -0.4 is 4.90 Å². The van der Waals surface area contributed by atoms with E-state index < -0.39 is 0 Å². The molecule has 1 aliphatic heterocycles. The third-order valence-electron chi connectivity index (χ3n) is 4.44. The van der Waals surface area contributed by atoms with Gasteiger partial charge in [-0.15, -0.1) is 0 Å². The van der Waals surface area contributed by atoms with Crippen molar-refractivity contribution in [2.24, 2.45) is 0 Å². The second-order valence-corrected chi connectivity index (χ2v) is 5.91. The van der Waals surface area contributed by atoms with Gasteiger partial charge in [0.05, 0.1) is 17.0 Å². The Labute approximate surface area is 144 Å². The Hall–Kier alpha value is -3.40. The molecule has 7 nitrogen and oxygen atoms in total. The third kappa shape index (κ3) is 2.78. The van der Waals surface area contributed by atoms with Crippen LogP contribution in [0.25, 0.3) is 11.0 Å². The van der Waals surface area contributed by atoms with Crippen molar-refractivity contribution in [2.75, 3.05) is 31.1 Å². The number of anilines is 1.